The molecule has 6 aromatic rings. The number of benzene rings is 6. The van der Waals surface area contributed by atoms with Gasteiger partial charge in [-0.15, -0.1) is 0 Å². The SMILES string of the molecule is Cc1cc(C)c(-c2[c]c(-c3c(C)cc(C)cc3C)ccc2)c(C)c1.Cc1cc(C)c(-c2[c]c(-c3c(C)cc(C)cc3C)ccc2)c(C)c1.N.N.[HH].[HH].[Sn].[Sn]. The predicted octanol–water partition coefficient (Wildman–Crippen LogP) is 13.4. The maximum absolute atomic E-state index is 3.68. The molecule has 6 N–H and O–H groups in total. The average molecular weight is 902 g/mol. The van der Waals surface area contributed by atoms with Crippen LogP contribution in [0.2, 0.25) is 0 Å². The first-order chi connectivity index (χ1) is 22.7. The van der Waals surface area contributed by atoms with Gasteiger partial charge in [0.05, 0.1) is 0 Å². The molecule has 0 atom stereocenters. The van der Waals surface area contributed by atoms with Gasteiger partial charge in [0.25, 0.3) is 0 Å². The van der Waals surface area contributed by atoms with Crippen LogP contribution < -0.4 is 12.3 Å². The first kappa shape index (κ1) is 46.9. The maximum Gasteiger partial charge on any atom is 0 e. The van der Waals surface area contributed by atoms with Crippen LogP contribution >= 0.6 is 0 Å². The second-order valence-electron chi connectivity index (χ2n) is 14.1. The molecule has 0 amide bonds. The summed E-state index contributed by atoms with van der Waals surface area (Å²) in [4.78, 5) is 0. The minimum atomic E-state index is 0. The van der Waals surface area contributed by atoms with Crippen molar-refractivity contribution in [1.29, 1.82) is 0 Å². The largest absolute Gasteiger partial charge is 0.344 e. The number of hydrogen-bond donors (Lipinski definition) is 2. The zero-order chi connectivity index (χ0) is 34.9. The van der Waals surface area contributed by atoms with Gasteiger partial charge < -0.3 is 12.3 Å². The van der Waals surface area contributed by atoms with E-state index in [1.165, 1.54) is 111 Å². The summed E-state index contributed by atoms with van der Waals surface area (Å²) in [6, 6.07) is 38.4. The van der Waals surface area contributed by atoms with Gasteiger partial charge in [0.2, 0.25) is 0 Å². The van der Waals surface area contributed by atoms with Gasteiger partial charge in [0, 0.05) is 50.7 Å². The Morgan fingerprint density at radius 2 is 0.462 bits per heavy atom. The van der Waals surface area contributed by atoms with Gasteiger partial charge in [-0.2, -0.15) is 0 Å². The molecular weight excluding hydrogens is 842 g/mol. The second-order valence-corrected chi connectivity index (χ2v) is 14.1. The standard InChI is InChI=1S/2C24H25.2H3N.2Sn.2H2/c2*1-15-10-17(3)23(18(4)11-15)21-8-7-9-22(14-21)24-19(5)12-16(2)13-20(24)6;;;;;;/h2*7-13H,1-6H3;2*1H3;;;2*1H. The predicted molar refractivity (Wildman–Crippen MR) is 235 cm³/mol. The third-order valence-electron chi connectivity index (χ3n) is 9.38. The van der Waals surface area contributed by atoms with Gasteiger partial charge in [-0.1, -0.05) is 107 Å². The first-order valence-electron chi connectivity index (χ1n) is 17.1. The molecule has 0 fully saturated rings. The van der Waals surface area contributed by atoms with Crippen LogP contribution in [0.4, 0.5) is 0 Å². The summed E-state index contributed by atoms with van der Waals surface area (Å²) in [5, 5.41) is 0. The van der Waals surface area contributed by atoms with Crippen LogP contribution in [0.25, 0.3) is 44.5 Å². The van der Waals surface area contributed by atoms with E-state index in [0.717, 1.165) is 0 Å². The topological polar surface area (TPSA) is 70.0 Å². The average Bonchev–Trinajstić information content (AvgIpc) is 2.96. The maximum atomic E-state index is 3.68. The van der Waals surface area contributed by atoms with Gasteiger partial charge in [0.15, 0.2) is 0 Å². The third kappa shape index (κ3) is 10.5. The fraction of sp³-hybridized carbons (Fsp3) is 0.250. The monoisotopic (exact) mass is 904 g/mol. The molecule has 0 saturated heterocycles. The van der Waals surface area contributed by atoms with Crippen LogP contribution in [-0.2, 0) is 0 Å². The van der Waals surface area contributed by atoms with Crippen molar-refractivity contribution in [2.45, 2.75) is 83.1 Å². The van der Waals surface area contributed by atoms with Gasteiger partial charge in [-0.25, -0.2) is 0 Å². The minimum absolute atomic E-state index is 0. The zero-order valence-corrected chi connectivity index (χ0v) is 39.2. The third-order valence-corrected chi connectivity index (χ3v) is 9.38. The Balaban J connectivity index is 0. The Morgan fingerprint density at radius 1 is 0.308 bits per heavy atom. The molecular formula is C48H60N2Sn2. The van der Waals surface area contributed by atoms with E-state index in [4.69, 9.17) is 0 Å². The molecule has 6 rings (SSSR count). The Bertz CT molecular complexity index is 1780. The van der Waals surface area contributed by atoms with Crippen LogP contribution in [0.5, 0.6) is 0 Å². The zero-order valence-electron chi connectivity index (χ0n) is 33.5. The smallest absolute Gasteiger partial charge is 0 e. The van der Waals surface area contributed by atoms with Crippen molar-refractivity contribution in [2.24, 2.45) is 0 Å². The normalized spacial score (nSPS) is 10.1. The van der Waals surface area contributed by atoms with Crippen molar-refractivity contribution in [1.82, 2.24) is 12.3 Å². The molecule has 2 nitrogen and oxygen atoms in total. The summed E-state index contributed by atoms with van der Waals surface area (Å²) >= 11 is 0. The van der Waals surface area contributed by atoms with Crippen LogP contribution in [0.1, 0.15) is 69.6 Å². The van der Waals surface area contributed by atoms with E-state index in [2.05, 4.69) is 180 Å². The first-order valence-corrected chi connectivity index (χ1v) is 17.1. The van der Waals surface area contributed by atoms with E-state index in [-0.39, 0.29) is 63.0 Å². The summed E-state index contributed by atoms with van der Waals surface area (Å²) in [5.41, 5.74) is 25.8. The molecule has 0 saturated carbocycles. The summed E-state index contributed by atoms with van der Waals surface area (Å²) in [7, 11) is 0. The van der Waals surface area contributed by atoms with Crippen LogP contribution in [0.15, 0.2) is 84.9 Å². The summed E-state index contributed by atoms with van der Waals surface area (Å²) in [6.07, 6.45) is 0. The summed E-state index contributed by atoms with van der Waals surface area (Å²) in [6.45, 7) is 26.2. The Hall–Kier alpha value is -3.16. The molecule has 0 unspecified atom stereocenters. The van der Waals surface area contributed by atoms with Gasteiger partial charge in [-0.05, 0) is 184 Å². The Labute approximate surface area is 352 Å². The van der Waals surface area contributed by atoms with Crippen molar-refractivity contribution < 1.29 is 2.85 Å². The molecule has 0 aromatic heterocycles. The molecule has 6 aromatic carbocycles. The fourth-order valence-electron chi connectivity index (χ4n) is 7.94. The van der Waals surface area contributed by atoms with Crippen LogP contribution in [0, 0.1) is 95.2 Å². The molecule has 4 heteroatoms. The number of aryl methyl sites for hydroxylation is 12. The van der Waals surface area contributed by atoms with Crippen molar-refractivity contribution in [2.75, 3.05) is 0 Å². The van der Waals surface area contributed by atoms with Crippen molar-refractivity contribution >= 4 is 47.8 Å². The molecule has 52 heavy (non-hydrogen) atoms. The van der Waals surface area contributed by atoms with Crippen molar-refractivity contribution in [3.05, 3.63) is 164 Å². The molecule has 0 aliphatic carbocycles. The summed E-state index contributed by atoms with van der Waals surface area (Å²) < 4.78 is 0. The number of rotatable bonds is 4. The van der Waals surface area contributed by atoms with Crippen molar-refractivity contribution in [3.63, 3.8) is 0 Å². The quantitative estimate of drug-likeness (QED) is 0.173. The van der Waals surface area contributed by atoms with Crippen LogP contribution in [-0.4, -0.2) is 47.8 Å². The van der Waals surface area contributed by atoms with Crippen molar-refractivity contribution in [3.8, 4) is 44.5 Å². The molecule has 0 aliphatic heterocycles. The van der Waals surface area contributed by atoms with E-state index in [1.54, 1.807) is 0 Å². The Kier molecular flexibility index (Phi) is 17.8. The molecule has 10 radical (unpaired) electrons. The van der Waals surface area contributed by atoms with Gasteiger partial charge in [-0.3, -0.25) is 0 Å². The number of hydrogen-bond acceptors (Lipinski definition) is 2. The van der Waals surface area contributed by atoms with E-state index in [0.29, 0.717) is 0 Å². The summed E-state index contributed by atoms with van der Waals surface area (Å²) in [5.74, 6) is 0. The van der Waals surface area contributed by atoms with Gasteiger partial charge >= 0.3 is 0 Å². The van der Waals surface area contributed by atoms with Gasteiger partial charge in [0.1, 0.15) is 0 Å². The van der Waals surface area contributed by atoms with Crippen LogP contribution in [0.3, 0.4) is 0 Å². The fourth-order valence-corrected chi connectivity index (χ4v) is 7.94. The molecule has 0 aliphatic rings. The van der Waals surface area contributed by atoms with E-state index in [9.17, 15) is 0 Å². The molecule has 0 heterocycles. The minimum Gasteiger partial charge on any atom is -0.344 e. The Morgan fingerprint density at radius 3 is 0.615 bits per heavy atom. The molecule has 270 valence electrons. The molecule has 0 spiro atoms. The van der Waals surface area contributed by atoms with E-state index in [1.807, 2.05) is 0 Å². The van der Waals surface area contributed by atoms with E-state index >= 15 is 0 Å². The molecule has 0 bridgehead atoms. The second kappa shape index (κ2) is 19.8. The van der Waals surface area contributed by atoms with E-state index < -0.39 is 0 Å².